The number of tetrazole rings is 1. The molecular formula is C12H13N5O2S. The summed E-state index contributed by atoms with van der Waals surface area (Å²) in [4.78, 5) is 0.881. The van der Waals surface area contributed by atoms with Crippen LogP contribution in [0.1, 0.15) is 18.9 Å². The highest BCUT2D eigenvalue weighted by Crippen LogP contribution is 2.42. The van der Waals surface area contributed by atoms with Crippen LogP contribution in [-0.2, 0) is 0 Å². The Morgan fingerprint density at radius 1 is 1.20 bits per heavy atom. The Bertz CT molecular complexity index is 655. The lowest BCUT2D eigenvalue weighted by Gasteiger charge is -2.19. The molecular weight excluding hydrogens is 278 g/mol. The van der Waals surface area contributed by atoms with Crippen LogP contribution in [0.3, 0.4) is 0 Å². The van der Waals surface area contributed by atoms with Gasteiger partial charge in [-0.2, -0.15) is 0 Å². The van der Waals surface area contributed by atoms with Gasteiger partial charge in [-0.25, -0.2) is 4.68 Å². The Labute approximate surface area is 119 Å². The van der Waals surface area contributed by atoms with E-state index >= 15 is 0 Å². The summed E-state index contributed by atoms with van der Waals surface area (Å²) in [5.41, 5.74) is 6.71. The molecule has 1 saturated carbocycles. The fourth-order valence-electron chi connectivity index (χ4n) is 2.07. The summed E-state index contributed by atoms with van der Waals surface area (Å²) in [5.74, 6) is 1.42. The molecule has 20 heavy (non-hydrogen) atoms. The fraction of sp³-hybridized carbons (Fsp3) is 0.417. The molecule has 1 aliphatic carbocycles. The van der Waals surface area contributed by atoms with Crippen LogP contribution in [0.2, 0.25) is 0 Å². The molecule has 2 aromatic rings. The minimum atomic E-state index is 0.436. The number of fused-ring (bicyclic) bond motifs is 1. The van der Waals surface area contributed by atoms with E-state index in [1.54, 1.807) is 6.07 Å². The Morgan fingerprint density at radius 2 is 1.95 bits per heavy atom. The van der Waals surface area contributed by atoms with Crippen LogP contribution in [0, 0.1) is 0 Å². The highest BCUT2D eigenvalue weighted by molar-refractivity contribution is 7.99. The van der Waals surface area contributed by atoms with Crippen molar-refractivity contribution in [3.63, 3.8) is 0 Å². The highest BCUT2D eigenvalue weighted by Gasteiger charge is 2.28. The number of nitrogens with zero attached hydrogens (tertiary/aromatic N) is 4. The first-order valence-electron chi connectivity index (χ1n) is 6.46. The molecule has 7 nitrogen and oxygen atoms in total. The van der Waals surface area contributed by atoms with Crippen LogP contribution >= 0.6 is 11.8 Å². The average molecular weight is 291 g/mol. The molecule has 0 atom stereocenters. The number of nitrogens with two attached hydrogens (primary N) is 1. The van der Waals surface area contributed by atoms with E-state index < -0.39 is 0 Å². The maximum absolute atomic E-state index is 6.07. The van der Waals surface area contributed by atoms with Crippen molar-refractivity contribution in [1.82, 2.24) is 20.2 Å². The van der Waals surface area contributed by atoms with Crippen molar-refractivity contribution < 1.29 is 9.47 Å². The predicted octanol–water partition coefficient (Wildman–Crippen LogP) is 1.51. The minimum Gasteiger partial charge on any atom is -0.486 e. The second-order valence-corrected chi connectivity index (χ2v) is 5.78. The van der Waals surface area contributed by atoms with Gasteiger partial charge in [0.2, 0.25) is 5.16 Å². The number of hydrogen-bond acceptors (Lipinski definition) is 7. The van der Waals surface area contributed by atoms with Crippen LogP contribution in [0.5, 0.6) is 11.5 Å². The van der Waals surface area contributed by atoms with Crippen molar-refractivity contribution in [3.05, 3.63) is 12.1 Å². The average Bonchev–Trinajstić information content (AvgIpc) is 3.20. The number of nitrogen functional groups attached to an aromatic ring is 1. The largest absolute Gasteiger partial charge is 0.486 e. The van der Waals surface area contributed by atoms with E-state index in [1.807, 2.05) is 10.7 Å². The Balaban J connectivity index is 1.66. The predicted molar refractivity (Wildman–Crippen MR) is 72.1 cm³/mol. The van der Waals surface area contributed by atoms with Gasteiger partial charge in [0.05, 0.1) is 6.04 Å². The lowest BCUT2D eigenvalue weighted by Crippen LogP contribution is -2.15. The quantitative estimate of drug-likeness (QED) is 0.857. The summed E-state index contributed by atoms with van der Waals surface area (Å²) in [7, 11) is 0. The molecule has 104 valence electrons. The van der Waals surface area contributed by atoms with Gasteiger partial charge >= 0.3 is 0 Å². The van der Waals surface area contributed by atoms with E-state index in [0.29, 0.717) is 30.7 Å². The monoisotopic (exact) mass is 291 g/mol. The number of hydrogen-bond donors (Lipinski definition) is 1. The van der Waals surface area contributed by atoms with Crippen molar-refractivity contribution in [2.45, 2.75) is 28.9 Å². The second kappa shape index (κ2) is 4.55. The number of rotatable bonds is 3. The zero-order chi connectivity index (χ0) is 13.5. The number of anilines is 1. The molecule has 1 aromatic heterocycles. The molecule has 0 spiro atoms. The lowest BCUT2D eigenvalue weighted by atomic mass is 10.2. The molecule has 0 bridgehead atoms. The van der Waals surface area contributed by atoms with Crippen LogP contribution in [0.4, 0.5) is 5.69 Å². The number of aromatic nitrogens is 4. The fourth-order valence-corrected chi connectivity index (χ4v) is 2.97. The van der Waals surface area contributed by atoms with Gasteiger partial charge in [-0.3, -0.25) is 0 Å². The zero-order valence-corrected chi connectivity index (χ0v) is 11.5. The zero-order valence-electron chi connectivity index (χ0n) is 10.7. The van der Waals surface area contributed by atoms with Crippen LogP contribution in [0.15, 0.2) is 22.2 Å². The summed E-state index contributed by atoms with van der Waals surface area (Å²) in [6.07, 6.45) is 2.27. The maximum Gasteiger partial charge on any atom is 0.214 e. The first-order chi connectivity index (χ1) is 9.81. The molecule has 0 amide bonds. The van der Waals surface area contributed by atoms with Crippen molar-refractivity contribution in [1.29, 1.82) is 0 Å². The Hall–Kier alpha value is -1.96. The second-order valence-electron chi connectivity index (χ2n) is 4.77. The number of benzene rings is 1. The molecule has 0 saturated heterocycles. The highest BCUT2D eigenvalue weighted by atomic mass is 32.2. The van der Waals surface area contributed by atoms with E-state index in [4.69, 9.17) is 15.2 Å². The molecule has 2 aliphatic rings. The molecule has 1 aliphatic heterocycles. The SMILES string of the molecule is Nc1cc2c(cc1Sc1nnnn1C1CC1)OCCO2. The first kappa shape index (κ1) is 11.8. The van der Waals surface area contributed by atoms with Gasteiger partial charge in [0, 0.05) is 22.7 Å². The van der Waals surface area contributed by atoms with E-state index in [-0.39, 0.29) is 0 Å². The van der Waals surface area contributed by atoms with E-state index in [1.165, 1.54) is 11.8 Å². The third kappa shape index (κ3) is 2.05. The summed E-state index contributed by atoms with van der Waals surface area (Å²) in [6, 6.07) is 4.12. The van der Waals surface area contributed by atoms with Crippen molar-refractivity contribution >= 4 is 17.4 Å². The van der Waals surface area contributed by atoms with Crippen molar-refractivity contribution in [3.8, 4) is 11.5 Å². The van der Waals surface area contributed by atoms with Crippen molar-refractivity contribution in [2.75, 3.05) is 18.9 Å². The molecule has 1 aromatic carbocycles. The smallest absolute Gasteiger partial charge is 0.214 e. The minimum absolute atomic E-state index is 0.436. The van der Waals surface area contributed by atoms with Gasteiger partial charge in [-0.1, -0.05) is 0 Å². The van der Waals surface area contributed by atoms with Crippen LogP contribution in [0.25, 0.3) is 0 Å². The third-order valence-corrected chi connectivity index (χ3v) is 4.26. The Morgan fingerprint density at radius 3 is 2.70 bits per heavy atom. The summed E-state index contributed by atoms with van der Waals surface area (Å²) >= 11 is 1.45. The van der Waals surface area contributed by atoms with Gasteiger partial charge in [-0.05, 0) is 35.0 Å². The normalized spacial score (nSPS) is 17.2. The summed E-state index contributed by atoms with van der Waals surface area (Å²) in [6.45, 7) is 1.11. The van der Waals surface area contributed by atoms with Gasteiger partial charge < -0.3 is 15.2 Å². The van der Waals surface area contributed by atoms with E-state index in [9.17, 15) is 0 Å². The van der Waals surface area contributed by atoms with E-state index in [0.717, 1.165) is 28.6 Å². The van der Waals surface area contributed by atoms with E-state index in [2.05, 4.69) is 15.5 Å². The summed E-state index contributed by atoms with van der Waals surface area (Å²) < 4.78 is 12.9. The van der Waals surface area contributed by atoms with Crippen molar-refractivity contribution in [2.24, 2.45) is 0 Å². The molecule has 0 radical (unpaired) electrons. The van der Waals surface area contributed by atoms with Gasteiger partial charge in [0.15, 0.2) is 11.5 Å². The third-order valence-electron chi connectivity index (χ3n) is 3.23. The van der Waals surface area contributed by atoms with Crippen LogP contribution in [-0.4, -0.2) is 33.4 Å². The molecule has 2 N–H and O–H groups in total. The maximum atomic E-state index is 6.07. The lowest BCUT2D eigenvalue weighted by molar-refractivity contribution is 0.171. The first-order valence-corrected chi connectivity index (χ1v) is 7.28. The van der Waals surface area contributed by atoms with Crippen LogP contribution < -0.4 is 15.2 Å². The number of ether oxygens (including phenoxy) is 2. The topological polar surface area (TPSA) is 88.1 Å². The summed E-state index contributed by atoms with van der Waals surface area (Å²) in [5, 5.41) is 12.6. The van der Waals surface area contributed by atoms with Gasteiger partial charge in [-0.15, -0.1) is 5.10 Å². The molecule has 0 unspecified atom stereocenters. The molecule has 1 fully saturated rings. The molecule has 4 rings (SSSR count). The molecule has 2 heterocycles. The van der Waals surface area contributed by atoms with Gasteiger partial charge in [0.1, 0.15) is 13.2 Å². The van der Waals surface area contributed by atoms with Gasteiger partial charge in [0.25, 0.3) is 0 Å². The Kier molecular flexibility index (Phi) is 2.69. The molecule has 8 heteroatoms. The standard InChI is InChI=1S/C12H13N5O2S/c13-8-5-9-10(19-4-3-18-9)6-11(8)20-12-14-15-16-17(12)7-1-2-7/h5-7H,1-4,13H2.